The summed E-state index contributed by atoms with van der Waals surface area (Å²) in [7, 11) is 0. The number of carbonyl (C=O) groups is 3. The number of nitro benzene ring substituents is 1. The summed E-state index contributed by atoms with van der Waals surface area (Å²) in [5.74, 6) is -1.51. The van der Waals surface area contributed by atoms with Crippen LogP contribution in [0.2, 0.25) is 0 Å². The van der Waals surface area contributed by atoms with Gasteiger partial charge in [-0.1, -0.05) is 11.8 Å². The summed E-state index contributed by atoms with van der Waals surface area (Å²) in [6.45, 7) is 0. The van der Waals surface area contributed by atoms with Crippen molar-refractivity contribution in [3.05, 3.63) is 57.6 Å². The van der Waals surface area contributed by atoms with Gasteiger partial charge in [-0.3, -0.25) is 24.5 Å². The molecule has 1 aliphatic rings. The first-order valence-corrected chi connectivity index (χ1v) is 9.64. The number of benzene rings is 2. The van der Waals surface area contributed by atoms with Crippen LogP contribution in [-0.2, 0) is 4.79 Å². The van der Waals surface area contributed by atoms with Crippen LogP contribution >= 0.6 is 23.1 Å². The summed E-state index contributed by atoms with van der Waals surface area (Å²) in [4.78, 5) is 52.0. The van der Waals surface area contributed by atoms with Crippen molar-refractivity contribution in [1.29, 1.82) is 0 Å². The van der Waals surface area contributed by atoms with Crippen LogP contribution < -0.4 is 10.6 Å². The van der Waals surface area contributed by atoms with Crippen molar-refractivity contribution in [2.75, 3.05) is 10.7 Å². The molecule has 0 saturated heterocycles. The summed E-state index contributed by atoms with van der Waals surface area (Å²) >= 11 is 2.52. The molecule has 0 spiro atoms. The highest BCUT2D eigenvalue weighted by Crippen LogP contribution is 2.35. The SMILES string of the molecule is NC(=O)CSc1nc2ccc(N3C(=O)c4ccc([N+](=O)[O-])cc4C3=O)cc2s1. The van der Waals surface area contributed by atoms with E-state index in [1.54, 1.807) is 18.2 Å². The van der Waals surface area contributed by atoms with Gasteiger partial charge in [-0.15, -0.1) is 11.3 Å². The van der Waals surface area contributed by atoms with Crippen LogP contribution in [-0.4, -0.2) is 33.4 Å². The molecular weight excluding hydrogens is 404 g/mol. The second kappa shape index (κ2) is 6.69. The fourth-order valence-corrected chi connectivity index (χ4v) is 4.64. The molecule has 4 rings (SSSR count). The number of thiazole rings is 1. The number of fused-ring (bicyclic) bond motifs is 2. The number of rotatable bonds is 5. The van der Waals surface area contributed by atoms with Crippen LogP contribution in [0.4, 0.5) is 11.4 Å². The smallest absolute Gasteiger partial charge is 0.270 e. The molecule has 9 nitrogen and oxygen atoms in total. The Labute approximate surface area is 165 Å². The van der Waals surface area contributed by atoms with Crippen LogP contribution in [0.3, 0.4) is 0 Å². The molecular formula is C17H10N4O5S2. The molecule has 11 heteroatoms. The Morgan fingerprint density at radius 2 is 1.93 bits per heavy atom. The van der Waals surface area contributed by atoms with Crippen molar-refractivity contribution in [3.8, 4) is 0 Å². The maximum Gasteiger partial charge on any atom is 0.270 e. The second-order valence-electron chi connectivity index (χ2n) is 5.82. The number of hydrogen-bond acceptors (Lipinski definition) is 8. The third kappa shape index (κ3) is 3.00. The first-order valence-electron chi connectivity index (χ1n) is 7.84. The molecule has 3 aromatic rings. The van der Waals surface area contributed by atoms with Gasteiger partial charge in [0.1, 0.15) is 0 Å². The average Bonchev–Trinajstić information content (AvgIpc) is 3.18. The predicted molar refractivity (Wildman–Crippen MR) is 104 cm³/mol. The maximum absolute atomic E-state index is 12.7. The van der Waals surface area contributed by atoms with Gasteiger partial charge in [0.15, 0.2) is 4.34 Å². The van der Waals surface area contributed by atoms with Gasteiger partial charge in [0.25, 0.3) is 17.5 Å². The van der Waals surface area contributed by atoms with Gasteiger partial charge < -0.3 is 5.73 Å². The lowest BCUT2D eigenvalue weighted by molar-refractivity contribution is -0.384. The van der Waals surface area contributed by atoms with E-state index in [4.69, 9.17) is 5.73 Å². The number of nitrogens with zero attached hydrogens (tertiary/aromatic N) is 3. The molecule has 0 fully saturated rings. The summed E-state index contributed by atoms with van der Waals surface area (Å²) in [6, 6.07) is 8.50. The maximum atomic E-state index is 12.7. The number of nitrogens with two attached hydrogens (primary N) is 1. The summed E-state index contributed by atoms with van der Waals surface area (Å²) in [5.41, 5.74) is 6.01. The molecule has 2 aromatic carbocycles. The first-order chi connectivity index (χ1) is 13.3. The fraction of sp³-hybridized carbons (Fsp3) is 0.0588. The number of thioether (sulfide) groups is 1. The van der Waals surface area contributed by atoms with Gasteiger partial charge in [0, 0.05) is 12.1 Å². The van der Waals surface area contributed by atoms with Crippen LogP contribution in [0, 0.1) is 10.1 Å². The minimum absolute atomic E-state index is 0.00121. The quantitative estimate of drug-likeness (QED) is 0.293. The molecule has 1 aromatic heterocycles. The van der Waals surface area contributed by atoms with E-state index in [1.165, 1.54) is 35.2 Å². The first kappa shape index (κ1) is 18.1. The number of nitro groups is 1. The number of anilines is 1. The number of non-ortho nitro benzene ring substituents is 1. The van der Waals surface area contributed by atoms with E-state index < -0.39 is 22.6 Å². The Balaban J connectivity index is 1.69. The summed E-state index contributed by atoms with van der Waals surface area (Å²) < 4.78 is 1.37. The molecule has 0 unspecified atom stereocenters. The normalized spacial score (nSPS) is 13.2. The molecule has 3 amide bonds. The molecule has 0 radical (unpaired) electrons. The van der Waals surface area contributed by atoms with E-state index in [2.05, 4.69) is 4.98 Å². The van der Waals surface area contributed by atoms with Gasteiger partial charge in [-0.05, 0) is 24.3 Å². The highest BCUT2D eigenvalue weighted by atomic mass is 32.2. The summed E-state index contributed by atoms with van der Waals surface area (Å²) in [6.07, 6.45) is 0. The van der Waals surface area contributed by atoms with E-state index in [1.807, 2.05) is 0 Å². The van der Waals surface area contributed by atoms with Crippen molar-refractivity contribution in [2.24, 2.45) is 5.73 Å². The Morgan fingerprint density at radius 3 is 2.64 bits per heavy atom. The van der Waals surface area contributed by atoms with E-state index in [0.29, 0.717) is 15.5 Å². The van der Waals surface area contributed by atoms with Gasteiger partial charge in [0.05, 0.1) is 37.7 Å². The number of imide groups is 1. The predicted octanol–water partition coefficient (Wildman–Crippen LogP) is 2.58. The molecule has 0 saturated carbocycles. The Morgan fingerprint density at radius 1 is 1.18 bits per heavy atom. The number of aromatic nitrogens is 1. The number of amides is 3. The minimum Gasteiger partial charge on any atom is -0.369 e. The largest absolute Gasteiger partial charge is 0.369 e. The standard InChI is InChI=1S/C17H10N4O5S2/c18-14(22)7-27-17-19-12-4-2-8(6-13(12)28-17)20-15(23)10-3-1-9(21(25)26)5-11(10)16(20)24/h1-6H,7H2,(H2,18,22). The summed E-state index contributed by atoms with van der Waals surface area (Å²) in [5, 5.41) is 10.9. The number of carbonyl (C=O) groups excluding carboxylic acids is 3. The third-order valence-electron chi connectivity index (χ3n) is 4.03. The van der Waals surface area contributed by atoms with Crippen LogP contribution in [0.25, 0.3) is 10.2 Å². The van der Waals surface area contributed by atoms with Gasteiger partial charge in [-0.25, -0.2) is 9.88 Å². The van der Waals surface area contributed by atoms with Crippen LogP contribution in [0.5, 0.6) is 0 Å². The van der Waals surface area contributed by atoms with Crippen molar-refractivity contribution in [1.82, 2.24) is 4.98 Å². The molecule has 140 valence electrons. The van der Waals surface area contributed by atoms with Crippen LogP contribution in [0.1, 0.15) is 20.7 Å². The lowest BCUT2D eigenvalue weighted by Crippen LogP contribution is -2.29. The monoisotopic (exact) mass is 414 g/mol. The molecule has 0 bridgehead atoms. The molecule has 0 atom stereocenters. The highest BCUT2D eigenvalue weighted by molar-refractivity contribution is 8.01. The van der Waals surface area contributed by atoms with Crippen molar-refractivity contribution < 1.29 is 19.3 Å². The van der Waals surface area contributed by atoms with E-state index in [0.717, 1.165) is 15.7 Å². The van der Waals surface area contributed by atoms with Gasteiger partial charge in [-0.2, -0.15) is 0 Å². The zero-order valence-corrected chi connectivity index (χ0v) is 15.6. The Hall–Kier alpha value is -3.31. The average molecular weight is 414 g/mol. The van der Waals surface area contributed by atoms with E-state index in [9.17, 15) is 24.5 Å². The zero-order chi connectivity index (χ0) is 20.0. The van der Waals surface area contributed by atoms with Gasteiger partial charge >= 0.3 is 0 Å². The lowest BCUT2D eigenvalue weighted by atomic mass is 10.1. The molecule has 1 aliphatic heterocycles. The molecule has 2 N–H and O–H groups in total. The number of hydrogen-bond donors (Lipinski definition) is 1. The minimum atomic E-state index is -0.616. The second-order valence-corrected chi connectivity index (χ2v) is 8.07. The third-order valence-corrected chi connectivity index (χ3v) is 6.21. The van der Waals surface area contributed by atoms with Gasteiger partial charge in [0.2, 0.25) is 5.91 Å². The molecule has 0 aliphatic carbocycles. The fourth-order valence-electron chi connectivity index (χ4n) is 2.80. The van der Waals surface area contributed by atoms with Crippen molar-refractivity contribution in [2.45, 2.75) is 4.34 Å². The van der Waals surface area contributed by atoms with Crippen molar-refractivity contribution in [3.63, 3.8) is 0 Å². The molecule has 28 heavy (non-hydrogen) atoms. The topological polar surface area (TPSA) is 136 Å². The molecule has 2 heterocycles. The van der Waals surface area contributed by atoms with E-state index in [-0.39, 0.29) is 22.6 Å². The zero-order valence-electron chi connectivity index (χ0n) is 13.9. The highest BCUT2D eigenvalue weighted by Gasteiger charge is 2.38. The lowest BCUT2D eigenvalue weighted by Gasteiger charge is -2.13. The Bertz CT molecular complexity index is 1190. The van der Waals surface area contributed by atoms with E-state index >= 15 is 0 Å². The van der Waals surface area contributed by atoms with Crippen molar-refractivity contribution >= 4 is 62.4 Å². The number of primary amides is 1. The Kier molecular flexibility index (Phi) is 4.32. The van der Waals surface area contributed by atoms with Crippen LogP contribution in [0.15, 0.2) is 40.7 Å².